The van der Waals surface area contributed by atoms with Crippen LogP contribution in [0.3, 0.4) is 0 Å². The van der Waals surface area contributed by atoms with E-state index in [0.717, 1.165) is 24.3 Å². The van der Waals surface area contributed by atoms with E-state index >= 15 is 0 Å². The van der Waals surface area contributed by atoms with Crippen molar-refractivity contribution in [3.63, 3.8) is 0 Å². The highest BCUT2D eigenvalue weighted by Gasteiger charge is 2.13. The van der Waals surface area contributed by atoms with Gasteiger partial charge in [-0.2, -0.15) is 0 Å². The molecule has 2 N–H and O–H groups in total. The van der Waals surface area contributed by atoms with E-state index in [4.69, 9.17) is 10.2 Å². The van der Waals surface area contributed by atoms with Gasteiger partial charge >= 0.3 is 5.97 Å². The van der Waals surface area contributed by atoms with Gasteiger partial charge in [-0.05, 0) is 30.3 Å². The minimum atomic E-state index is -1.23. The van der Waals surface area contributed by atoms with Gasteiger partial charge in [-0.15, -0.1) is 0 Å². The number of hydrogen-bond acceptors (Lipinski definition) is 2. The zero-order valence-corrected chi connectivity index (χ0v) is 9.02. The molecule has 2 rings (SSSR count). The van der Waals surface area contributed by atoms with Crippen LogP contribution in [0, 0.1) is 11.6 Å². The summed E-state index contributed by atoms with van der Waals surface area (Å²) >= 11 is 0. The number of aromatic hydroxyl groups is 1. The average molecular weight is 250 g/mol. The van der Waals surface area contributed by atoms with Crippen LogP contribution in [-0.4, -0.2) is 16.2 Å². The highest BCUT2D eigenvalue weighted by atomic mass is 19.1. The molecule has 0 saturated carbocycles. The Hall–Kier alpha value is -2.43. The second-order valence-corrected chi connectivity index (χ2v) is 3.66. The van der Waals surface area contributed by atoms with Gasteiger partial charge in [0.25, 0.3) is 0 Å². The quantitative estimate of drug-likeness (QED) is 0.861. The van der Waals surface area contributed by atoms with Crippen molar-refractivity contribution in [2.45, 2.75) is 0 Å². The topological polar surface area (TPSA) is 57.5 Å². The number of phenolic OH excluding ortho intramolecular Hbond substituents is 1. The second kappa shape index (κ2) is 4.44. The van der Waals surface area contributed by atoms with Gasteiger partial charge in [-0.25, -0.2) is 13.6 Å². The fourth-order valence-electron chi connectivity index (χ4n) is 1.59. The van der Waals surface area contributed by atoms with Gasteiger partial charge in [0.05, 0.1) is 5.56 Å². The maximum Gasteiger partial charge on any atom is 0.335 e. The molecule has 0 radical (unpaired) electrons. The van der Waals surface area contributed by atoms with Crippen LogP contribution < -0.4 is 0 Å². The molecule has 0 aliphatic rings. The molecule has 2 aromatic carbocycles. The number of carbonyl (C=O) groups is 1. The summed E-state index contributed by atoms with van der Waals surface area (Å²) in [7, 11) is 0. The van der Waals surface area contributed by atoms with Crippen LogP contribution >= 0.6 is 0 Å². The van der Waals surface area contributed by atoms with Crippen molar-refractivity contribution in [1.82, 2.24) is 0 Å². The SMILES string of the molecule is O=C(O)c1ccc(F)c(-c2ccc(O)cc2F)c1. The van der Waals surface area contributed by atoms with Crippen LogP contribution in [0.2, 0.25) is 0 Å². The zero-order valence-electron chi connectivity index (χ0n) is 9.02. The molecular formula is C13H8F2O3. The Bertz CT molecular complexity index is 624. The number of rotatable bonds is 2. The van der Waals surface area contributed by atoms with Crippen molar-refractivity contribution in [2.24, 2.45) is 0 Å². The first-order valence-corrected chi connectivity index (χ1v) is 5.01. The third kappa shape index (κ3) is 2.15. The third-order valence-electron chi connectivity index (χ3n) is 2.46. The summed E-state index contributed by atoms with van der Waals surface area (Å²) in [5.74, 6) is -3.07. The van der Waals surface area contributed by atoms with Crippen LogP contribution in [-0.2, 0) is 0 Å². The van der Waals surface area contributed by atoms with E-state index in [1.54, 1.807) is 0 Å². The van der Waals surface area contributed by atoms with E-state index in [2.05, 4.69) is 0 Å². The van der Waals surface area contributed by atoms with Gasteiger partial charge < -0.3 is 10.2 Å². The summed E-state index contributed by atoms with van der Waals surface area (Å²) in [6.07, 6.45) is 0. The first-order chi connectivity index (χ1) is 8.49. The van der Waals surface area contributed by atoms with Gasteiger partial charge in [0, 0.05) is 17.2 Å². The molecule has 0 amide bonds. The summed E-state index contributed by atoms with van der Waals surface area (Å²) in [6.45, 7) is 0. The lowest BCUT2D eigenvalue weighted by molar-refractivity contribution is 0.0697. The Kier molecular flexibility index (Phi) is 2.97. The smallest absolute Gasteiger partial charge is 0.335 e. The molecule has 0 aliphatic heterocycles. The van der Waals surface area contributed by atoms with Crippen molar-refractivity contribution >= 4 is 5.97 Å². The molecule has 0 aromatic heterocycles. The van der Waals surface area contributed by atoms with Crippen molar-refractivity contribution in [3.05, 3.63) is 53.6 Å². The molecular weight excluding hydrogens is 242 g/mol. The fourth-order valence-corrected chi connectivity index (χ4v) is 1.59. The number of benzene rings is 2. The van der Waals surface area contributed by atoms with Crippen molar-refractivity contribution < 1.29 is 23.8 Å². The Labute approximate surface area is 101 Å². The normalized spacial score (nSPS) is 10.3. The minimum absolute atomic E-state index is 0.103. The monoisotopic (exact) mass is 250 g/mol. The number of hydrogen-bond donors (Lipinski definition) is 2. The van der Waals surface area contributed by atoms with Crippen LogP contribution in [0.4, 0.5) is 8.78 Å². The largest absolute Gasteiger partial charge is 0.508 e. The van der Waals surface area contributed by atoms with E-state index in [0.29, 0.717) is 0 Å². The van der Waals surface area contributed by atoms with Crippen molar-refractivity contribution in [2.75, 3.05) is 0 Å². The van der Waals surface area contributed by atoms with E-state index < -0.39 is 17.6 Å². The Morgan fingerprint density at radius 1 is 0.944 bits per heavy atom. The van der Waals surface area contributed by atoms with Crippen LogP contribution in [0.15, 0.2) is 36.4 Å². The summed E-state index contributed by atoms with van der Waals surface area (Å²) in [5.41, 5.74) is -0.403. The summed E-state index contributed by atoms with van der Waals surface area (Å²) in [5, 5.41) is 17.9. The van der Waals surface area contributed by atoms with E-state index in [1.807, 2.05) is 0 Å². The van der Waals surface area contributed by atoms with Crippen molar-refractivity contribution in [1.29, 1.82) is 0 Å². The van der Waals surface area contributed by atoms with Crippen molar-refractivity contribution in [3.8, 4) is 16.9 Å². The number of halogens is 2. The second-order valence-electron chi connectivity index (χ2n) is 3.66. The number of carboxylic acids is 1. The molecule has 2 aromatic rings. The van der Waals surface area contributed by atoms with E-state index in [1.165, 1.54) is 12.1 Å². The molecule has 0 atom stereocenters. The lowest BCUT2D eigenvalue weighted by Gasteiger charge is -2.06. The van der Waals surface area contributed by atoms with Gasteiger partial charge in [0.15, 0.2) is 0 Å². The first-order valence-electron chi connectivity index (χ1n) is 5.01. The molecule has 0 spiro atoms. The van der Waals surface area contributed by atoms with Gasteiger partial charge in [0.2, 0.25) is 0 Å². The average Bonchev–Trinajstić information content (AvgIpc) is 2.30. The molecule has 0 fully saturated rings. The minimum Gasteiger partial charge on any atom is -0.508 e. The maximum absolute atomic E-state index is 13.6. The Balaban J connectivity index is 2.62. The molecule has 0 bridgehead atoms. The highest BCUT2D eigenvalue weighted by molar-refractivity contribution is 5.89. The predicted molar refractivity (Wildman–Crippen MR) is 60.4 cm³/mol. The number of phenols is 1. The molecule has 0 saturated heterocycles. The van der Waals surface area contributed by atoms with Crippen LogP contribution in [0.1, 0.15) is 10.4 Å². The molecule has 3 nitrogen and oxygen atoms in total. The third-order valence-corrected chi connectivity index (χ3v) is 2.46. The number of aromatic carboxylic acids is 1. The standard InChI is InChI=1S/C13H8F2O3/c14-11-4-1-7(13(17)18)5-10(11)9-3-2-8(16)6-12(9)15/h1-6,16H,(H,17,18). The summed E-state index contributed by atoms with van der Waals surface area (Å²) < 4.78 is 27.2. The molecule has 92 valence electrons. The Morgan fingerprint density at radius 3 is 2.28 bits per heavy atom. The van der Waals surface area contributed by atoms with Gasteiger partial charge in [0.1, 0.15) is 17.4 Å². The van der Waals surface area contributed by atoms with Gasteiger partial charge in [-0.1, -0.05) is 0 Å². The van der Waals surface area contributed by atoms with E-state index in [-0.39, 0.29) is 22.4 Å². The zero-order chi connectivity index (χ0) is 13.3. The maximum atomic E-state index is 13.6. The van der Waals surface area contributed by atoms with Crippen LogP contribution in [0.25, 0.3) is 11.1 Å². The fraction of sp³-hybridized carbons (Fsp3) is 0. The summed E-state index contributed by atoms with van der Waals surface area (Å²) in [6, 6.07) is 6.33. The molecule has 0 heterocycles. The van der Waals surface area contributed by atoms with Gasteiger partial charge in [-0.3, -0.25) is 0 Å². The lowest BCUT2D eigenvalue weighted by atomic mass is 10.0. The van der Waals surface area contributed by atoms with Crippen LogP contribution in [0.5, 0.6) is 5.75 Å². The highest BCUT2D eigenvalue weighted by Crippen LogP contribution is 2.28. The Morgan fingerprint density at radius 2 is 1.67 bits per heavy atom. The van der Waals surface area contributed by atoms with E-state index in [9.17, 15) is 13.6 Å². The lowest BCUT2D eigenvalue weighted by Crippen LogP contribution is -1.98. The molecule has 18 heavy (non-hydrogen) atoms. The molecule has 0 unspecified atom stereocenters. The molecule has 0 aliphatic carbocycles. The molecule has 5 heteroatoms. The predicted octanol–water partition coefficient (Wildman–Crippen LogP) is 3.04. The first kappa shape index (κ1) is 12.0. The number of carboxylic acid groups (broad SMARTS) is 1. The summed E-state index contributed by atoms with van der Waals surface area (Å²) in [4.78, 5) is 10.8.